The van der Waals surface area contributed by atoms with Crippen molar-refractivity contribution in [3.63, 3.8) is 0 Å². The lowest BCUT2D eigenvalue weighted by atomic mass is 10.1. The second-order valence-corrected chi connectivity index (χ2v) is 5.00. The first kappa shape index (κ1) is 14.7. The quantitative estimate of drug-likeness (QED) is 0.818. The fourth-order valence-corrected chi connectivity index (χ4v) is 2.44. The Balaban J connectivity index is 3.09. The number of alkyl halides is 5. The Morgan fingerprint density at radius 1 is 1.29 bits per heavy atom. The van der Waals surface area contributed by atoms with Crippen LogP contribution in [0.25, 0.3) is 0 Å². The molecule has 17 heavy (non-hydrogen) atoms. The van der Waals surface area contributed by atoms with Gasteiger partial charge in [-0.2, -0.15) is 22.0 Å². The van der Waals surface area contributed by atoms with Crippen molar-refractivity contribution in [2.45, 2.75) is 25.1 Å². The van der Waals surface area contributed by atoms with E-state index in [1.807, 2.05) is 0 Å². The van der Waals surface area contributed by atoms with Gasteiger partial charge in [0, 0.05) is 4.88 Å². The van der Waals surface area contributed by atoms with E-state index in [1.165, 1.54) is 19.1 Å². The highest BCUT2D eigenvalue weighted by molar-refractivity contribution is 7.16. The molecule has 1 aromatic rings. The van der Waals surface area contributed by atoms with Crippen LogP contribution in [0.3, 0.4) is 0 Å². The molecule has 1 heterocycles. The molecule has 1 unspecified atom stereocenters. The number of thiophene rings is 1. The molecule has 1 aromatic heterocycles. The zero-order valence-electron chi connectivity index (χ0n) is 8.62. The number of hydrogen-bond donors (Lipinski definition) is 1. The minimum absolute atomic E-state index is 0.00808. The van der Waals surface area contributed by atoms with Gasteiger partial charge in [-0.25, -0.2) is 0 Å². The molecule has 0 fully saturated rings. The van der Waals surface area contributed by atoms with E-state index >= 15 is 0 Å². The summed E-state index contributed by atoms with van der Waals surface area (Å²) in [5.74, 6) is -4.84. The minimum atomic E-state index is -5.60. The molecule has 0 saturated carbocycles. The summed E-state index contributed by atoms with van der Waals surface area (Å²) in [7, 11) is 0. The van der Waals surface area contributed by atoms with E-state index in [9.17, 15) is 22.0 Å². The molecule has 1 rings (SSSR count). The summed E-state index contributed by atoms with van der Waals surface area (Å²) in [6.45, 7) is 1.44. The number of halogens is 6. The molecular weight excluding hydrogens is 285 g/mol. The number of rotatable bonds is 4. The van der Waals surface area contributed by atoms with Crippen molar-refractivity contribution in [3.8, 4) is 0 Å². The number of hydrogen-bond acceptors (Lipinski definition) is 2. The molecule has 0 amide bonds. The molecule has 0 aliphatic rings. The highest BCUT2D eigenvalue weighted by Gasteiger charge is 2.62. The van der Waals surface area contributed by atoms with Gasteiger partial charge in [0.15, 0.2) is 0 Å². The van der Waals surface area contributed by atoms with Crippen molar-refractivity contribution >= 4 is 22.9 Å². The minimum Gasteiger partial charge on any atom is -0.304 e. The van der Waals surface area contributed by atoms with Gasteiger partial charge in [0.05, 0.1) is 4.34 Å². The Bertz CT molecular complexity index is 376. The summed E-state index contributed by atoms with van der Waals surface area (Å²) >= 11 is 6.24. The summed E-state index contributed by atoms with van der Waals surface area (Å²) in [5, 5.41) is 2.14. The molecule has 0 radical (unpaired) electrons. The number of nitrogens with one attached hydrogen (secondary N) is 1. The third-order valence-electron chi connectivity index (χ3n) is 2.03. The maximum absolute atomic E-state index is 13.3. The summed E-state index contributed by atoms with van der Waals surface area (Å²) < 4.78 is 63.5. The van der Waals surface area contributed by atoms with Crippen LogP contribution >= 0.6 is 22.9 Å². The Labute approximate surface area is 104 Å². The van der Waals surface area contributed by atoms with E-state index in [4.69, 9.17) is 11.6 Å². The lowest BCUT2D eigenvalue weighted by Gasteiger charge is -2.28. The highest BCUT2D eigenvalue weighted by atomic mass is 35.5. The van der Waals surface area contributed by atoms with Gasteiger partial charge in [-0.05, 0) is 18.7 Å². The fourth-order valence-electron chi connectivity index (χ4n) is 1.26. The van der Waals surface area contributed by atoms with E-state index in [0.717, 1.165) is 0 Å². The summed E-state index contributed by atoms with van der Waals surface area (Å²) in [6, 6.07) is 0.350. The van der Waals surface area contributed by atoms with Crippen molar-refractivity contribution in [1.82, 2.24) is 5.32 Å². The molecule has 8 heteroatoms. The Morgan fingerprint density at radius 3 is 2.24 bits per heavy atom. The lowest BCUT2D eigenvalue weighted by Crippen LogP contribution is -2.47. The van der Waals surface area contributed by atoms with Gasteiger partial charge in [-0.15, -0.1) is 11.3 Å². The third-order valence-corrected chi connectivity index (χ3v) is 3.32. The molecule has 1 nitrogen and oxygen atoms in total. The topological polar surface area (TPSA) is 12.0 Å². The molecule has 0 aromatic carbocycles. The zero-order chi connectivity index (χ0) is 13.3. The first-order valence-electron chi connectivity index (χ1n) is 4.63. The van der Waals surface area contributed by atoms with Crippen molar-refractivity contribution in [2.75, 3.05) is 6.54 Å². The van der Waals surface area contributed by atoms with E-state index in [-0.39, 0.29) is 15.8 Å². The van der Waals surface area contributed by atoms with Gasteiger partial charge in [-0.3, -0.25) is 0 Å². The van der Waals surface area contributed by atoms with Crippen LogP contribution in [0.4, 0.5) is 22.0 Å². The zero-order valence-corrected chi connectivity index (χ0v) is 10.2. The standard InChI is InChI=1S/C9H9ClF5NS/c1-2-16-7(5-3-4-6(10)17-5)8(11,12)9(13,14)15/h3-4,7,16H,2H2,1H3. The van der Waals surface area contributed by atoms with Gasteiger partial charge in [0.1, 0.15) is 6.04 Å². The van der Waals surface area contributed by atoms with Crippen molar-refractivity contribution in [3.05, 3.63) is 21.3 Å². The van der Waals surface area contributed by atoms with E-state index in [1.54, 1.807) is 0 Å². The molecule has 0 aliphatic carbocycles. The smallest absolute Gasteiger partial charge is 0.304 e. The Hall–Kier alpha value is -0.400. The monoisotopic (exact) mass is 293 g/mol. The van der Waals surface area contributed by atoms with Crippen molar-refractivity contribution < 1.29 is 22.0 Å². The van der Waals surface area contributed by atoms with Crippen LogP contribution in [0.15, 0.2) is 12.1 Å². The first-order valence-corrected chi connectivity index (χ1v) is 5.82. The third kappa shape index (κ3) is 3.08. The molecule has 0 saturated heterocycles. The van der Waals surface area contributed by atoms with E-state index < -0.39 is 18.1 Å². The Morgan fingerprint density at radius 2 is 1.88 bits per heavy atom. The predicted molar refractivity (Wildman–Crippen MR) is 56.7 cm³/mol. The first-order chi connectivity index (χ1) is 7.70. The highest BCUT2D eigenvalue weighted by Crippen LogP contribution is 2.46. The van der Waals surface area contributed by atoms with Crippen LogP contribution < -0.4 is 5.32 Å². The molecule has 98 valence electrons. The second-order valence-electron chi connectivity index (χ2n) is 3.25. The summed E-state index contributed by atoms with van der Waals surface area (Å²) in [6.07, 6.45) is -5.60. The lowest BCUT2D eigenvalue weighted by molar-refractivity contribution is -0.294. The summed E-state index contributed by atoms with van der Waals surface area (Å²) in [4.78, 5) is -0.140. The fraction of sp³-hybridized carbons (Fsp3) is 0.556. The average Bonchev–Trinajstić information content (AvgIpc) is 2.58. The summed E-state index contributed by atoms with van der Waals surface area (Å²) in [5.41, 5.74) is 0. The van der Waals surface area contributed by atoms with Crippen molar-refractivity contribution in [2.24, 2.45) is 0 Å². The maximum Gasteiger partial charge on any atom is 0.455 e. The van der Waals surface area contributed by atoms with Crippen LogP contribution in [0.2, 0.25) is 4.34 Å². The van der Waals surface area contributed by atoms with Gasteiger partial charge < -0.3 is 5.32 Å². The maximum atomic E-state index is 13.3. The molecular formula is C9H9ClF5NS. The van der Waals surface area contributed by atoms with Crippen LogP contribution in [-0.4, -0.2) is 18.6 Å². The normalized spacial score (nSPS) is 15.0. The molecule has 0 bridgehead atoms. The predicted octanol–water partition coefficient (Wildman–Crippen LogP) is 4.25. The average molecular weight is 294 g/mol. The van der Waals surface area contributed by atoms with Gasteiger partial charge in [-0.1, -0.05) is 18.5 Å². The van der Waals surface area contributed by atoms with Gasteiger partial charge in [0.25, 0.3) is 0 Å². The van der Waals surface area contributed by atoms with Crippen LogP contribution in [0.5, 0.6) is 0 Å². The second kappa shape index (κ2) is 5.07. The molecule has 0 spiro atoms. The van der Waals surface area contributed by atoms with Crippen molar-refractivity contribution in [1.29, 1.82) is 0 Å². The molecule has 1 N–H and O–H groups in total. The van der Waals surface area contributed by atoms with Crippen LogP contribution in [0, 0.1) is 0 Å². The SMILES string of the molecule is CCNC(c1ccc(Cl)s1)C(F)(F)C(F)(F)F. The van der Waals surface area contributed by atoms with E-state index in [2.05, 4.69) is 5.32 Å². The van der Waals surface area contributed by atoms with E-state index in [0.29, 0.717) is 11.3 Å². The molecule has 0 aliphatic heterocycles. The van der Waals surface area contributed by atoms with Gasteiger partial charge in [0.2, 0.25) is 0 Å². The van der Waals surface area contributed by atoms with Crippen LogP contribution in [-0.2, 0) is 0 Å². The largest absolute Gasteiger partial charge is 0.455 e. The van der Waals surface area contributed by atoms with Crippen LogP contribution in [0.1, 0.15) is 17.8 Å². The van der Waals surface area contributed by atoms with Gasteiger partial charge >= 0.3 is 12.1 Å². The Kier molecular flexibility index (Phi) is 4.38. The molecule has 1 atom stereocenters.